The minimum atomic E-state index is -0.535. The maximum Gasteiger partial charge on any atom is 0.407 e. The van der Waals surface area contributed by atoms with Crippen LogP contribution in [0.15, 0.2) is 22.7 Å². The van der Waals surface area contributed by atoms with E-state index in [0.29, 0.717) is 5.02 Å². The molecule has 0 saturated carbocycles. The first-order valence-corrected chi connectivity index (χ1v) is 7.46. The summed E-state index contributed by atoms with van der Waals surface area (Å²) in [5, 5.41) is 3.32. The van der Waals surface area contributed by atoms with Crippen molar-refractivity contribution in [3.63, 3.8) is 0 Å². The van der Waals surface area contributed by atoms with Crippen LogP contribution in [0.2, 0.25) is 5.02 Å². The zero-order valence-corrected chi connectivity index (χ0v) is 14.4. The Bertz CT molecular complexity index is 468. The molecule has 2 unspecified atom stereocenters. The lowest BCUT2D eigenvalue weighted by molar-refractivity contribution is 0.0501. The smallest absolute Gasteiger partial charge is 0.407 e. The average Bonchev–Trinajstić information content (AvgIpc) is 2.23. The summed E-state index contributed by atoms with van der Waals surface area (Å²) in [5.74, 6) is 0. The number of hydrogen-bond acceptors (Lipinski definition) is 3. The molecule has 1 aromatic rings. The van der Waals surface area contributed by atoms with Crippen LogP contribution in [-0.2, 0) is 4.74 Å². The minimum Gasteiger partial charge on any atom is -0.444 e. The number of alkyl carbamates (subject to hydrolysis) is 1. The lowest BCUT2D eigenvalue weighted by atomic mass is 10.0. The van der Waals surface area contributed by atoms with Crippen LogP contribution in [0.3, 0.4) is 0 Å². The van der Waals surface area contributed by atoms with Gasteiger partial charge in [0.15, 0.2) is 0 Å². The van der Waals surface area contributed by atoms with Gasteiger partial charge >= 0.3 is 6.09 Å². The Kier molecular flexibility index (Phi) is 5.86. The van der Waals surface area contributed by atoms with E-state index in [2.05, 4.69) is 21.2 Å². The van der Waals surface area contributed by atoms with Gasteiger partial charge in [-0.3, -0.25) is 0 Å². The highest BCUT2D eigenvalue weighted by atomic mass is 79.9. The fraction of sp³-hybridized carbons (Fsp3) is 0.500. The Labute approximate surface area is 133 Å². The second kappa shape index (κ2) is 6.78. The van der Waals surface area contributed by atoms with Gasteiger partial charge in [-0.2, -0.15) is 0 Å². The molecule has 3 N–H and O–H groups in total. The van der Waals surface area contributed by atoms with E-state index in [1.165, 1.54) is 0 Å². The maximum atomic E-state index is 11.7. The first-order valence-electron chi connectivity index (χ1n) is 6.29. The number of nitrogens with one attached hydrogen (secondary N) is 1. The van der Waals surface area contributed by atoms with Crippen molar-refractivity contribution in [2.45, 2.75) is 45.4 Å². The molecule has 6 heteroatoms. The summed E-state index contributed by atoms with van der Waals surface area (Å²) >= 11 is 9.36. The van der Waals surface area contributed by atoms with E-state index in [4.69, 9.17) is 22.1 Å². The quantitative estimate of drug-likeness (QED) is 0.852. The van der Waals surface area contributed by atoms with Gasteiger partial charge in [-0.1, -0.05) is 27.5 Å². The third-order valence-corrected chi connectivity index (χ3v) is 3.23. The topological polar surface area (TPSA) is 64.3 Å². The molecule has 1 aromatic carbocycles. The summed E-state index contributed by atoms with van der Waals surface area (Å²) in [6.07, 6.45) is -0.485. The number of amides is 1. The summed E-state index contributed by atoms with van der Waals surface area (Å²) in [5.41, 5.74) is 6.44. The predicted octanol–water partition coefficient (Wildman–Crippen LogP) is 4.02. The van der Waals surface area contributed by atoms with Gasteiger partial charge < -0.3 is 15.8 Å². The number of carbonyl (C=O) groups is 1. The molecule has 0 radical (unpaired) electrons. The monoisotopic (exact) mass is 362 g/mol. The van der Waals surface area contributed by atoms with Crippen molar-refractivity contribution in [2.75, 3.05) is 0 Å². The fourth-order valence-corrected chi connectivity index (χ4v) is 2.53. The number of nitrogens with two attached hydrogens (primary N) is 1. The third-order valence-electron chi connectivity index (χ3n) is 2.55. The lowest BCUT2D eigenvalue weighted by Crippen LogP contribution is -2.43. The van der Waals surface area contributed by atoms with E-state index in [1.807, 2.05) is 33.8 Å². The molecular weight excluding hydrogens is 344 g/mol. The zero-order chi connectivity index (χ0) is 15.5. The second-order valence-electron chi connectivity index (χ2n) is 5.66. The molecule has 1 amide bonds. The Morgan fingerprint density at radius 2 is 2.00 bits per heavy atom. The highest BCUT2D eigenvalue weighted by Gasteiger charge is 2.21. The molecule has 20 heavy (non-hydrogen) atoms. The highest BCUT2D eigenvalue weighted by Crippen LogP contribution is 2.24. The Morgan fingerprint density at radius 1 is 1.40 bits per heavy atom. The summed E-state index contributed by atoms with van der Waals surface area (Å²) in [4.78, 5) is 11.7. The largest absolute Gasteiger partial charge is 0.444 e. The van der Waals surface area contributed by atoms with Crippen LogP contribution >= 0.6 is 27.5 Å². The van der Waals surface area contributed by atoms with Crippen molar-refractivity contribution in [3.05, 3.63) is 33.3 Å². The van der Waals surface area contributed by atoms with Crippen molar-refractivity contribution >= 4 is 33.6 Å². The molecule has 0 bridgehead atoms. The molecular formula is C14H20BrClN2O2. The number of halogens is 2. The van der Waals surface area contributed by atoms with E-state index < -0.39 is 11.7 Å². The highest BCUT2D eigenvalue weighted by molar-refractivity contribution is 9.10. The van der Waals surface area contributed by atoms with E-state index in [9.17, 15) is 4.79 Å². The van der Waals surface area contributed by atoms with E-state index in [0.717, 1.165) is 10.0 Å². The van der Waals surface area contributed by atoms with E-state index >= 15 is 0 Å². The third kappa shape index (κ3) is 5.69. The molecule has 0 heterocycles. The molecule has 2 atom stereocenters. The number of benzene rings is 1. The van der Waals surface area contributed by atoms with Crippen LogP contribution in [0.25, 0.3) is 0 Å². The molecule has 1 rings (SSSR count). The number of carbonyl (C=O) groups excluding carboxylic acids is 1. The summed E-state index contributed by atoms with van der Waals surface area (Å²) < 4.78 is 6.05. The van der Waals surface area contributed by atoms with Gasteiger partial charge in [0.1, 0.15) is 5.60 Å². The van der Waals surface area contributed by atoms with E-state index in [1.54, 1.807) is 12.1 Å². The second-order valence-corrected chi connectivity index (χ2v) is 7.02. The van der Waals surface area contributed by atoms with Crippen molar-refractivity contribution < 1.29 is 9.53 Å². The summed E-state index contributed by atoms with van der Waals surface area (Å²) in [6.45, 7) is 7.26. The van der Waals surface area contributed by atoms with Crippen LogP contribution in [0, 0.1) is 0 Å². The number of hydrogen-bond donors (Lipinski definition) is 2. The molecule has 4 nitrogen and oxygen atoms in total. The Morgan fingerprint density at radius 3 is 2.50 bits per heavy atom. The number of rotatable bonds is 3. The van der Waals surface area contributed by atoms with Crippen molar-refractivity contribution in [1.29, 1.82) is 0 Å². The minimum absolute atomic E-state index is 0.282. The number of ether oxygens (including phenoxy) is 1. The van der Waals surface area contributed by atoms with Crippen LogP contribution in [0.1, 0.15) is 39.3 Å². The lowest BCUT2D eigenvalue weighted by Gasteiger charge is -2.25. The maximum absolute atomic E-state index is 11.7. The average molecular weight is 364 g/mol. The van der Waals surface area contributed by atoms with Gasteiger partial charge in [-0.25, -0.2) is 4.79 Å². The Hall–Kier alpha value is -0.780. The zero-order valence-electron chi connectivity index (χ0n) is 12.0. The van der Waals surface area contributed by atoms with E-state index in [-0.39, 0.29) is 12.1 Å². The molecule has 112 valence electrons. The molecule has 0 aliphatic carbocycles. The SMILES string of the molecule is CC(NC(=O)OC(C)(C)C)C(N)c1cc(Cl)cc(Br)c1. The van der Waals surface area contributed by atoms with Crippen LogP contribution in [0.5, 0.6) is 0 Å². The normalized spacial score (nSPS) is 14.6. The first-order chi connectivity index (χ1) is 9.08. The van der Waals surface area contributed by atoms with Crippen LogP contribution < -0.4 is 11.1 Å². The molecule has 0 aliphatic rings. The van der Waals surface area contributed by atoms with Crippen molar-refractivity contribution in [1.82, 2.24) is 5.32 Å². The van der Waals surface area contributed by atoms with Gasteiger partial charge in [0.05, 0.1) is 0 Å². The van der Waals surface area contributed by atoms with Crippen molar-refractivity contribution in [2.24, 2.45) is 5.73 Å². The summed E-state index contributed by atoms with van der Waals surface area (Å²) in [6, 6.07) is 4.78. The van der Waals surface area contributed by atoms with Crippen LogP contribution in [0.4, 0.5) is 4.79 Å². The fourth-order valence-electron chi connectivity index (χ4n) is 1.64. The van der Waals surface area contributed by atoms with Crippen molar-refractivity contribution in [3.8, 4) is 0 Å². The van der Waals surface area contributed by atoms with Gasteiger partial charge in [-0.05, 0) is 51.5 Å². The molecule has 0 aromatic heterocycles. The summed E-state index contributed by atoms with van der Waals surface area (Å²) in [7, 11) is 0. The first kappa shape index (κ1) is 17.3. The van der Waals surface area contributed by atoms with Gasteiger partial charge in [0, 0.05) is 21.6 Å². The predicted molar refractivity (Wildman–Crippen MR) is 84.9 cm³/mol. The van der Waals surface area contributed by atoms with Gasteiger partial charge in [0.2, 0.25) is 0 Å². The molecule has 0 fully saturated rings. The molecule has 0 aliphatic heterocycles. The van der Waals surface area contributed by atoms with Gasteiger partial charge in [-0.15, -0.1) is 0 Å². The van der Waals surface area contributed by atoms with Gasteiger partial charge in [0.25, 0.3) is 0 Å². The van der Waals surface area contributed by atoms with Crippen LogP contribution in [-0.4, -0.2) is 17.7 Å². The standard InChI is InChI=1S/C14H20BrClN2O2/c1-8(18-13(19)20-14(2,3)4)12(17)9-5-10(15)7-11(16)6-9/h5-8,12H,17H2,1-4H3,(H,18,19). The molecule has 0 spiro atoms. The Balaban J connectivity index is 2.71. The molecule has 0 saturated heterocycles.